The second kappa shape index (κ2) is 3.96. The van der Waals surface area contributed by atoms with E-state index in [1.807, 2.05) is 13.8 Å². The van der Waals surface area contributed by atoms with E-state index in [1.165, 1.54) is 0 Å². The van der Waals surface area contributed by atoms with Crippen molar-refractivity contribution in [3.8, 4) is 0 Å². The van der Waals surface area contributed by atoms with Crippen LogP contribution in [0.25, 0.3) is 0 Å². The van der Waals surface area contributed by atoms with Gasteiger partial charge < -0.3 is 15.7 Å². The minimum Gasteiger partial charge on any atom is -0.394 e. The zero-order chi connectivity index (χ0) is 9.90. The zero-order valence-corrected chi connectivity index (χ0v) is 8.26. The maximum absolute atomic E-state index is 11.3. The molecule has 13 heavy (non-hydrogen) atoms. The van der Waals surface area contributed by atoms with Crippen LogP contribution >= 0.6 is 0 Å². The summed E-state index contributed by atoms with van der Waals surface area (Å²) in [5, 5.41) is 14.6. The van der Waals surface area contributed by atoms with Gasteiger partial charge in [-0.05, 0) is 33.1 Å². The Labute approximate surface area is 78.7 Å². The molecule has 0 radical (unpaired) electrons. The Bertz CT molecular complexity index is 183. The number of carbonyl (C=O) groups is 1. The van der Waals surface area contributed by atoms with Crippen LogP contribution in [0.5, 0.6) is 0 Å². The predicted octanol–water partition coefficient (Wildman–Crippen LogP) is 0.609. The van der Waals surface area contributed by atoms with Gasteiger partial charge in [-0.1, -0.05) is 0 Å². The topological polar surface area (TPSA) is 61.4 Å². The van der Waals surface area contributed by atoms with Crippen molar-refractivity contribution in [2.75, 3.05) is 6.61 Å². The summed E-state index contributed by atoms with van der Waals surface area (Å²) in [7, 11) is 0. The van der Waals surface area contributed by atoms with Crippen molar-refractivity contribution in [1.82, 2.24) is 10.6 Å². The molecule has 4 heteroatoms. The summed E-state index contributed by atoms with van der Waals surface area (Å²) in [5.74, 6) is 0. The number of rotatable bonds is 3. The van der Waals surface area contributed by atoms with Gasteiger partial charge in [-0.3, -0.25) is 0 Å². The molecule has 4 nitrogen and oxygen atoms in total. The Kier molecular flexibility index (Phi) is 3.14. The van der Waals surface area contributed by atoms with E-state index in [9.17, 15) is 4.79 Å². The van der Waals surface area contributed by atoms with Gasteiger partial charge in [0, 0.05) is 6.04 Å². The highest BCUT2D eigenvalue weighted by Gasteiger charge is 2.37. The first-order valence-corrected chi connectivity index (χ1v) is 4.77. The molecule has 1 saturated carbocycles. The SMILES string of the molecule is CC(C)NC(=O)NC1(CO)CCC1. The summed E-state index contributed by atoms with van der Waals surface area (Å²) in [4.78, 5) is 11.3. The van der Waals surface area contributed by atoms with Crippen molar-refractivity contribution in [3.63, 3.8) is 0 Å². The molecule has 1 aliphatic rings. The average Bonchev–Trinajstić information content (AvgIpc) is 1.95. The Balaban J connectivity index is 2.34. The van der Waals surface area contributed by atoms with Crippen molar-refractivity contribution in [3.05, 3.63) is 0 Å². The van der Waals surface area contributed by atoms with Gasteiger partial charge in [0.2, 0.25) is 0 Å². The van der Waals surface area contributed by atoms with Gasteiger partial charge in [0.05, 0.1) is 12.1 Å². The van der Waals surface area contributed by atoms with E-state index >= 15 is 0 Å². The molecule has 1 fully saturated rings. The van der Waals surface area contributed by atoms with E-state index < -0.39 is 0 Å². The van der Waals surface area contributed by atoms with Crippen LogP contribution in [0.4, 0.5) is 4.79 Å². The normalized spacial score (nSPS) is 19.4. The lowest BCUT2D eigenvalue weighted by Gasteiger charge is -2.40. The fraction of sp³-hybridized carbons (Fsp3) is 0.889. The highest BCUT2D eigenvalue weighted by atomic mass is 16.3. The number of amides is 2. The Morgan fingerprint density at radius 1 is 1.54 bits per heavy atom. The molecule has 0 atom stereocenters. The Morgan fingerprint density at radius 3 is 2.46 bits per heavy atom. The molecule has 1 aliphatic carbocycles. The highest BCUT2D eigenvalue weighted by molar-refractivity contribution is 5.75. The van der Waals surface area contributed by atoms with E-state index in [1.54, 1.807) is 0 Å². The molecule has 0 aliphatic heterocycles. The molecule has 0 aromatic heterocycles. The molecule has 2 amide bonds. The molecule has 0 aromatic rings. The van der Waals surface area contributed by atoms with Gasteiger partial charge in [0.15, 0.2) is 0 Å². The van der Waals surface area contributed by atoms with Gasteiger partial charge >= 0.3 is 6.03 Å². The molecule has 0 spiro atoms. The number of aliphatic hydroxyl groups excluding tert-OH is 1. The number of hydrogen-bond donors (Lipinski definition) is 3. The molecule has 1 rings (SSSR count). The molecule has 3 N–H and O–H groups in total. The lowest BCUT2D eigenvalue weighted by molar-refractivity contribution is 0.0955. The van der Waals surface area contributed by atoms with E-state index in [4.69, 9.17) is 5.11 Å². The maximum Gasteiger partial charge on any atom is 0.315 e. The maximum atomic E-state index is 11.3. The van der Waals surface area contributed by atoms with Crippen molar-refractivity contribution < 1.29 is 9.90 Å². The first-order valence-electron chi connectivity index (χ1n) is 4.77. The molecule has 0 bridgehead atoms. The third-order valence-corrected chi connectivity index (χ3v) is 2.41. The standard InChI is InChI=1S/C9H18N2O2/c1-7(2)10-8(13)11-9(6-12)4-3-5-9/h7,12H,3-6H2,1-2H3,(H2,10,11,13). The number of urea groups is 1. The van der Waals surface area contributed by atoms with Gasteiger partial charge in [0.25, 0.3) is 0 Å². The summed E-state index contributed by atoms with van der Waals surface area (Å²) in [6, 6.07) is -0.0421. The van der Waals surface area contributed by atoms with Crippen molar-refractivity contribution in [2.24, 2.45) is 0 Å². The van der Waals surface area contributed by atoms with Gasteiger partial charge in [-0.2, -0.15) is 0 Å². The quantitative estimate of drug-likeness (QED) is 0.604. The van der Waals surface area contributed by atoms with Crippen LogP contribution in [0.3, 0.4) is 0 Å². The van der Waals surface area contributed by atoms with Crippen LogP contribution in [0.15, 0.2) is 0 Å². The molecular weight excluding hydrogens is 168 g/mol. The van der Waals surface area contributed by atoms with Crippen molar-refractivity contribution in [1.29, 1.82) is 0 Å². The van der Waals surface area contributed by atoms with Crippen molar-refractivity contribution in [2.45, 2.75) is 44.7 Å². The second-order valence-electron chi connectivity index (χ2n) is 4.05. The number of hydrogen-bond acceptors (Lipinski definition) is 2. The minimum absolute atomic E-state index is 0.0402. The molecule has 0 saturated heterocycles. The van der Waals surface area contributed by atoms with Crippen LogP contribution < -0.4 is 10.6 Å². The Morgan fingerprint density at radius 2 is 2.15 bits per heavy atom. The van der Waals surface area contributed by atoms with Crippen molar-refractivity contribution >= 4 is 6.03 Å². The number of aliphatic hydroxyl groups is 1. The fourth-order valence-corrected chi connectivity index (χ4v) is 1.47. The molecule has 76 valence electrons. The van der Waals surface area contributed by atoms with Gasteiger partial charge in [-0.25, -0.2) is 4.79 Å². The third kappa shape index (κ3) is 2.59. The fourth-order valence-electron chi connectivity index (χ4n) is 1.47. The summed E-state index contributed by atoms with van der Waals surface area (Å²) in [6.45, 7) is 3.86. The second-order valence-corrected chi connectivity index (χ2v) is 4.05. The van der Waals surface area contributed by atoms with E-state index in [-0.39, 0.29) is 24.2 Å². The lowest BCUT2D eigenvalue weighted by Crippen LogP contribution is -2.59. The third-order valence-electron chi connectivity index (χ3n) is 2.41. The Hall–Kier alpha value is -0.770. The number of nitrogens with one attached hydrogen (secondary N) is 2. The first kappa shape index (κ1) is 10.3. The van der Waals surface area contributed by atoms with Crippen LogP contribution in [-0.4, -0.2) is 29.3 Å². The summed E-state index contributed by atoms with van der Waals surface area (Å²) in [5.41, 5.74) is -0.334. The lowest BCUT2D eigenvalue weighted by atomic mass is 9.77. The zero-order valence-electron chi connectivity index (χ0n) is 8.26. The minimum atomic E-state index is -0.334. The summed E-state index contributed by atoms with van der Waals surface area (Å²) < 4.78 is 0. The van der Waals surface area contributed by atoms with Crippen LogP contribution in [0.2, 0.25) is 0 Å². The highest BCUT2D eigenvalue weighted by Crippen LogP contribution is 2.30. The van der Waals surface area contributed by atoms with Gasteiger partial charge in [0.1, 0.15) is 0 Å². The van der Waals surface area contributed by atoms with Gasteiger partial charge in [-0.15, -0.1) is 0 Å². The predicted molar refractivity (Wildman–Crippen MR) is 50.5 cm³/mol. The van der Waals surface area contributed by atoms with Crippen LogP contribution in [0.1, 0.15) is 33.1 Å². The molecule has 0 aromatic carbocycles. The average molecular weight is 186 g/mol. The summed E-state index contributed by atoms with van der Waals surface area (Å²) >= 11 is 0. The van der Waals surface area contributed by atoms with E-state index in [2.05, 4.69) is 10.6 Å². The molecule has 0 unspecified atom stereocenters. The summed E-state index contributed by atoms with van der Waals surface area (Å²) in [6.07, 6.45) is 2.85. The monoisotopic (exact) mass is 186 g/mol. The molecule has 0 heterocycles. The van der Waals surface area contributed by atoms with E-state index in [0.29, 0.717) is 0 Å². The van der Waals surface area contributed by atoms with Crippen LogP contribution in [0, 0.1) is 0 Å². The van der Waals surface area contributed by atoms with Crippen LogP contribution in [-0.2, 0) is 0 Å². The smallest absolute Gasteiger partial charge is 0.315 e. The molecular formula is C9H18N2O2. The van der Waals surface area contributed by atoms with E-state index in [0.717, 1.165) is 19.3 Å². The first-order chi connectivity index (χ1) is 6.08. The number of carbonyl (C=O) groups excluding carboxylic acids is 1. The largest absolute Gasteiger partial charge is 0.394 e.